The van der Waals surface area contributed by atoms with Crippen LogP contribution in [0.4, 0.5) is 0 Å². The molecular weight excluding hydrogens is 765 g/mol. The average Bonchev–Trinajstić information content (AvgIpc) is 3.27. The first-order valence-electron chi connectivity index (χ1n) is 27.5. The van der Waals surface area contributed by atoms with Crippen LogP contribution < -0.4 is 0 Å². The van der Waals surface area contributed by atoms with E-state index in [4.69, 9.17) is 14.2 Å². The molecule has 62 heavy (non-hydrogen) atoms. The van der Waals surface area contributed by atoms with Crippen LogP contribution in [0.1, 0.15) is 290 Å². The van der Waals surface area contributed by atoms with Gasteiger partial charge in [0.25, 0.3) is 0 Å². The number of rotatable bonds is 51. The quantitative estimate of drug-likeness (QED) is 0.0346. The van der Waals surface area contributed by atoms with Crippen molar-refractivity contribution in [1.29, 1.82) is 0 Å². The minimum Gasteiger partial charge on any atom is -0.462 e. The van der Waals surface area contributed by atoms with E-state index in [0.717, 1.165) is 44.9 Å². The lowest BCUT2D eigenvalue weighted by Gasteiger charge is -2.18. The third-order valence-corrected chi connectivity index (χ3v) is 12.1. The van der Waals surface area contributed by atoms with Crippen molar-refractivity contribution in [3.05, 3.63) is 36.5 Å². The Morgan fingerprint density at radius 3 is 1.11 bits per heavy atom. The first-order chi connectivity index (χ1) is 30.6. The number of hydrogen-bond acceptors (Lipinski definition) is 5. The summed E-state index contributed by atoms with van der Waals surface area (Å²) in [6.45, 7) is 7.82. The highest BCUT2D eigenvalue weighted by atomic mass is 16.6. The van der Waals surface area contributed by atoms with Gasteiger partial charge in [-0.1, -0.05) is 237 Å². The van der Waals surface area contributed by atoms with Gasteiger partial charge >= 0.3 is 11.9 Å². The van der Waals surface area contributed by atoms with E-state index < -0.39 is 6.10 Å². The fraction of sp³-hybridized carbons (Fsp3) is 0.860. The fourth-order valence-corrected chi connectivity index (χ4v) is 8.01. The number of ether oxygens (including phenoxy) is 3. The van der Waals surface area contributed by atoms with Gasteiger partial charge in [0, 0.05) is 19.4 Å². The van der Waals surface area contributed by atoms with Crippen molar-refractivity contribution in [1.82, 2.24) is 0 Å². The molecule has 0 heterocycles. The van der Waals surface area contributed by atoms with E-state index in [2.05, 4.69) is 57.2 Å². The Balaban J connectivity index is 4.25. The molecule has 0 saturated heterocycles. The largest absolute Gasteiger partial charge is 0.462 e. The Bertz CT molecular complexity index is 986. The molecule has 0 aliphatic heterocycles. The van der Waals surface area contributed by atoms with Crippen molar-refractivity contribution in [2.24, 2.45) is 0 Å². The van der Waals surface area contributed by atoms with Crippen LogP contribution in [0, 0.1) is 0 Å². The maximum atomic E-state index is 12.8. The summed E-state index contributed by atoms with van der Waals surface area (Å²) in [4.78, 5) is 25.4. The van der Waals surface area contributed by atoms with Crippen molar-refractivity contribution in [3.63, 3.8) is 0 Å². The topological polar surface area (TPSA) is 61.8 Å². The molecular formula is C57H106O5. The van der Waals surface area contributed by atoms with E-state index in [9.17, 15) is 9.59 Å². The highest BCUT2D eigenvalue weighted by Crippen LogP contribution is 2.15. The Kier molecular flexibility index (Phi) is 51.8. The van der Waals surface area contributed by atoms with Gasteiger partial charge in [0.2, 0.25) is 0 Å². The first-order valence-corrected chi connectivity index (χ1v) is 27.5. The van der Waals surface area contributed by atoms with Gasteiger partial charge in [-0.2, -0.15) is 0 Å². The molecule has 0 fully saturated rings. The number of unbranched alkanes of at least 4 members (excludes halogenated alkanes) is 34. The van der Waals surface area contributed by atoms with Gasteiger partial charge in [-0.3, -0.25) is 9.59 Å². The average molecular weight is 871 g/mol. The number of allylic oxidation sites excluding steroid dienone is 6. The molecule has 0 amide bonds. The molecule has 0 aromatic carbocycles. The Hall–Kier alpha value is -1.88. The second-order valence-corrected chi connectivity index (χ2v) is 18.5. The molecule has 0 rings (SSSR count). The van der Waals surface area contributed by atoms with Crippen molar-refractivity contribution in [2.75, 3.05) is 19.8 Å². The lowest BCUT2D eigenvalue weighted by Crippen LogP contribution is -2.30. The first kappa shape index (κ1) is 60.1. The van der Waals surface area contributed by atoms with E-state index in [1.807, 2.05) is 0 Å². The molecule has 5 heteroatoms. The van der Waals surface area contributed by atoms with Crippen molar-refractivity contribution < 1.29 is 23.8 Å². The Morgan fingerprint density at radius 1 is 0.355 bits per heavy atom. The molecule has 5 nitrogen and oxygen atoms in total. The predicted molar refractivity (Wildman–Crippen MR) is 270 cm³/mol. The summed E-state index contributed by atoms with van der Waals surface area (Å²) in [5.41, 5.74) is 0. The molecule has 0 aliphatic rings. The molecule has 0 saturated carbocycles. The zero-order valence-electron chi connectivity index (χ0n) is 41.9. The number of esters is 2. The van der Waals surface area contributed by atoms with Crippen LogP contribution in [-0.2, 0) is 23.8 Å². The zero-order chi connectivity index (χ0) is 44.9. The SMILES string of the molecule is CCCCC/C=C\C/C=C\CCCCCCCCOCC(COC(=O)CCCCCCCCC/C=C\CCCCCCCC)OC(=O)CCCCCCCCCCCCCCC. The van der Waals surface area contributed by atoms with Gasteiger partial charge < -0.3 is 14.2 Å². The van der Waals surface area contributed by atoms with Crippen LogP contribution in [0.5, 0.6) is 0 Å². The third kappa shape index (κ3) is 50.8. The van der Waals surface area contributed by atoms with E-state index in [0.29, 0.717) is 19.4 Å². The number of carbonyl (C=O) groups is 2. The Labute approximate surface area is 387 Å². The lowest BCUT2D eigenvalue weighted by atomic mass is 10.0. The van der Waals surface area contributed by atoms with Crippen molar-refractivity contribution in [3.8, 4) is 0 Å². The smallest absolute Gasteiger partial charge is 0.306 e. The number of hydrogen-bond donors (Lipinski definition) is 0. The highest BCUT2D eigenvalue weighted by molar-refractivity contribution is 5.70. The highest BCUT2D eigenvalue weighted by Gasteiger charge is 2.17. The summed E-state index contributed by atoms with van der Waals surface area (Å²) in [5.74, 6) is -0.393. The van der Waals surface area contributed by atoms with Gasteiger partial charge in [0.1, 0.15) is 6.61 Å². The van der Waals surface area contributed by atoms with Crippen LogP contribution in [0.15, 0.2) is 36.5 Å². The van der Waals surface area contributed by atoms with Gasteiger partial charge in [-0.25, -0.2) is 0 Å². The summed E-state index contributed by atoms with van der Waals surface area (Å²) in [6.07, 6.45) is 64.4. The molecule has 1 atom stereocenters. The molecule has 1 unspecified atom stereocenters. The maximum absolute atomic E-state index is 12.8. The normalized spacial score (nSPS) is 12.4. The molecule has 0 bridgehead atoms. The molecule has 0 aliphatic carbocycles. The van der Waals surface area contributed by atoms with E-state index in [-0.39, 0.29) is 25.2 Å². The van der Waals surface area contributed by atoms with Crippen LogP contribution in [0.2, 0.25) is 0 Å². The minimum absolute atomic E-state index is 0.0836. The number of carbonyl (C=O) groups excluding carboxylic acids is 2. The second-order valence-electron chi connectivity index (χ2n) is 18.5. The van der Waals surface area contributed by atoms with Gasteiger partial charge in [-0.05, 0) is 77.0 Å². The second kappa shape index (κ2) is 53.5. The summed E-state index contributed by atoms with van der Waals surface area (Å²) in [5, 5.41) is 0. The van der Waals surface area contributed by atoms with Crippen LogP contribution in [-0.4, -0.2) is 37.9 Å². The molecule has 0 N–H and O–H groups in total. The third-order valence-electron chi connectivity index (χ3n) is 12.1. The fourth-order valence-electron chi connectivity index (χ4n) is 8.01. The van der Waals surface area contributed by atoms with Crippen molar-refractivity contribution >= 4 is 11.9 Å². The van der Waals surface area contributed by atoms with E-state index in [1.165, 1.54) is 212 Å². The minimum atomic E-state index is -0.538. The van der Waals surface area contributed by atoms with Crippen LogP contribution in [0.3, 0.4) is 0 Å². The van der Waals surface area contributed by atoms with Gasteiger partial charge in [0.15, 0.2) is 6.10 Å². The Morgan fingerprint density at radius 2 is 0.677 bits per heavy atom. The standard InChI is InChI=1S/C57H106O5/c1-4-7-10-13-16-19-22-25-27-29-30-33-35-38-41-44-47-50-56(58)61-54-55(62-57(59)51-48-45-42-39-36-32-24-21-18-15-12-9-6-3)53-60-52-49-46-43-40-37-34-31-28-26-23-20-17-14-11-8-5-2/h17,20,25-28,55H,4-16,18-19,21-24,29-54H2,1-3H3/b20-17-,27-25-,28-26-. The maximum Gasteiger partial charge on any atom is 0.306 e. The van der Waals surface area contributed by atoms with E-state index in [1.54, 1.807) is 0 Å². The van der Waals surface area contributed by atoms with Crippen molar-refractivity contribution in [2.45, 2.75) is 297 Å². The van der Waals surface area contributed by atoms with Gasteiger partial charge in [-0.15, -0.1) is 0 Å². The summed E-state index contributed by atoms with van der Waals surface area (Å²) < 4.78 is 17.4. The lowest BCUT2D eigenvalue weighted by molar-refractivity contribution is -0.163. The summed E-state index contributed by atoms with van der Waals surface area (Å²) in [6, 6.07) is 0. The van der Waals surface area contributed by atoms with Crippen LogP contribution in [0.25, 0.3) is 0 Å². The molecule has 0 spiro atoms. The zero-order valence-corrected chi connectivity index (χ0v) is 41.9. The van der Waals surface area contributed by atoms with E-state index >= 15 is 0 Å². The van der Waals surface area contributed by atoms with Gasteiger partial charge in [0.05, 0.1) is 6.61 Å². The summed E-state index contributed by atoms with van der Waals surface area (Å²) in [7, 11) is 0. The summed E-state index contributed by atoms with van der Waals surface area (Å²) >= 11 is 0. The molecule has 0 aromatic rings. The molecule has 0 radical (unpaired) electrons. The van der Waals surface area contributed by atoms with Crippen LogP contribution >= 0.6 is 0 Å². The molecule has 364 valence electrons. The molecule has 0 aromatic heterocycles. The monoisotopic (exact) mass is 871 g/mol. The predicted octanol–water partition coefficient (Wildman–Crippen LogP) is 18.6.